The molecule has 0 amide bonds. The van der Waals surface area contributed by atoms with E-state index in [0.717, 1.165) is 5.92 Å². The van der Waals surface area contributed by atoms with E-state index in [2.05, 4.69) is 18.4 Å². The molecule has 2 unspecified atom stereocenters. The van der Waals surface area contributed by atoms with Crippen molar-refractivity contribution < 1.29 is 0 Å². The highest BCUT2D eigenvalue weighted by atomic mass is 35.5. The molecule has 0 aliphatic heterocycles. The zero-order valence-corrected chi connectivity index (χ0v) is 10.2. The topological polar surface area (TPSA) is 0 Å². The Morgan fingerprint density at radius 2 is 2.36 bits per heavy atom. The van der Waals surface area contributed by atoms with Crippen LogP contribution in [0.25, 0.3) is 0 Å². The molecular weight excluding hydrogens is 212 g/mol. The highest BCUT2D eigenvalue weighted by Gasteiger charge is 2.20. The van der Waals surface area contributed by atoms with Crippen LogP contribution in [0.15, 0.2) is 11.4 Å². The lowest BCUT2D eigenvalue weighted by Gasteiger charge is -2.24. The van der Waals surface area contributed by atoms with E-state index in [1.165, 1.54) is 42.5 Å². The van der Waals surface area contributed by atoms with Crippen LogP contribution in [0.2, 0.25) is 0 Å². The molecule has 1 saturated carbocycles. The Morgan fingerprint density at radius 3 is 3.00 bits per heavy atom. The molecular formula is C12H17ClS. The van der Waals surface area contributed by atoms with E-state index in [9.17, 15) is 0 Å². The maximum atomic E-state index is 6.19. The quantitative estimate of drug-likeness (QED) is 0.659. The molecule has 1 heterocycles. The fourth-order valence-electron chi connectivity index (χ4n) is 2.35. The van der Waals surface area contributed by atoms with Gasteiger partial charge in [-0.25, -0.2) is 0 Å². The first-order chi connectivity index (χ1) is 6.74. The molecule has 0 saturated heterocycles. The van der Waals surface area contributed by atoms with Crippen LogP contribution in [0.3, 0.4) is 0 Å². The van der Waals surface area contributed by atoms with E-state index in [-0.39, 0.29) is 0 Å². The highest BCUT2D eigenvalue weighted by molar-refractivity contribution is 7.10. The molecule has 1 aromatic heterocycles. The normalized spacial score (nSPS) is 27.9. The summed E-state index contributed by atoms with van der Waals surface area (Å²) in [7, 11) is 0. The van der Waals surface area contributed by atoms with Crippen LogP contribution in [-0.4, -0.2) is 5.38 Å². The first-order valence-corrected chi connectivity index (χ1v) is 6.73. The molecule has 0 spiro atoms. The van der Waals surface area contributed by atoms with Crippen molar-refractivity contribution in [2.24, 2.45) is 5.92 Å². The zero-order valence-electron chi connectivity index (χ0n) is 8.63. The maximum absolute atomic E-state index is 6.19. The lowest BCUT2D eigenvalue weighted by molar-refractivity contribution is 0.362. The van der Waals surface area contributed by atoms with Crippen molar-refractivity contribution in [3.05, 3.63) is 21.9 Å². The lowest BCUT2D eigenvalue weighted by Crippen LogP contribution is -2.17. The van der Waals surface area contributed by atoms with Crippen LogP contribution >= 0.6 is 22.9 Å². The van der Waals surface area contributed by atoms with E-state index in [1.54, 1.807) is 0 Å². The Morgan fingerprint density at radius 1 is 1.50 bits per heavy atom. The van der Waals surface area contributed by atoms with Crippen molar-refractivity contribution in [1.82, 2.24) is 0 Å². The Kier molecular flexibility index (Phi) is 3.51. The fraction of sp³-hybridized carbons (Fsp3) is 0.667. The van der Waals surface area contributed by atoms with Gasteiger partial charge in [0.2, 0.25) is 0 Å². The van der Waals surface area contributed by atoms with E-state index in [1.807, 2.05) is 11.3 Å². The van der Waals surface area contributed by atoms with Crippen LogP contribution in [0.1, 0.15) is 36.1 Å². The number of hydrogen-bond donors (Lipinski definition) is 0. The second-order valence-corrected chi connectivity index (χ2v) is 6.13. The Balaban J connectivity index is 1.90. The standard InChI is InChI=1S/C12H17ClS/c1-9-5-11(8-14-9)6-10-3-2-4-12(13)7-10/h5,8,10,12H,2-4,6-7H2,1H3. The van der Waals surface area contributed by atoms with Crippen molar-refractivity contribution in [2.45, 2.75) is 44.4 Å². The number of hydrogen-bond acceptors (Lipinski definition) is 1. The molecule has 2 heteroatoms. The zero-order chi connectivity index (χ0) is 9.97. The molecule has 0 N–H and O–H groups in total. The van der Waals surface area contributed by atoms with E-state index in [4.69, 9.17) is 11.6 Å². The Hall–Kier alpha value is -0.0100. The molecule has 78 valence electrons. The van der Waals surface area contributed by atoms with Gasteiger partial charge in [0.15, 0.2) is 0 Å². The number of alkyl halides is 1. The van der Waals surface area contributed by atoms with Gasteiger partial charge in [-0.15, -0.1) is 22.9 Å². The highest BCUT2D eigenvalue weighted by Crippen LogP contribution is 2.31. The first kappa shape index (κ1) is 10.5. The molecule has 0 bridgehead atoms. The van der Waals surface area contributed by atoms with Crippen molar-refractivity contribution in [2.75, 3.05) is 0 Å². The molecule has 1 fully saturated rings. The number of rotatable bonds is 2. The molecule has 1 aliphatic carbocycles. The van der Waals surface area contributed by atoms with Gasteiger partial charge < -0.3 is 0 Å². The molecule has 0 nitrogen and oxygen atoms in total. The lowest BCUT2D eigenvalue weighted by atomic mass is 9.85. The summed E-state index contributed by atoms with van der Waals surface area (Å²) in [6.45, 7) is 2.18. The molecule has 2 rings (SSSR count). The minimum atomic E-state index is 0.438. The van der Waals surface area contributed by atoms with Crippen LogP contribution in [0.4, 0.5) is 0 Å². The van der Waals surface area contributed by atoms with Gasteiger partial charge in [-0.3, -0.25) is 0 Å². The summed E-state index contributed by atoms with van der Waals surface area (Å²) in [5.41, 5.74) is 1.52. The minimum absolute atomic E-state index is 0.438. The second kappa shape index (κ2) is 4.67. The van der Waals surface area contributed by atoms with Gasteiger partial charge in [0.05, 0.1) is 0 Å². The Bertz CT molecular complexity index is 292. The fourth-order valence-corrected chi connectivity index (χ4v) is 3.48. The summed E-state index contributed by atoms with van der Waals surface area (Å²) in [4.78, 5) is 1.43. The largest absolute Gasteiger partial charge is 0.149 e. The third kappa shape index (κ3) is 2.74. The van der Waals surface area contributed by atoms with Gasteiger partial charge in [0.1, 0.15) is 0 Å². The van der Waals surface area contributed by atoms with Gasteiger partial charge in [-0.2, -0.15) is 0 Å². The first-order valence-electron chi connectivity index (χ1n) is 5.42. The van der Waals surface area contributed by atoms with Crippen molar-refractivity contribution >= 4 is 22.9 Å². The maximum Gasteiger partial charge on any atom is 0.0338 e. The summed E-state index contributed by atoms with van der Waals surface area (Å²) >= 11 is 8.05. The van der Waals surface area contributed by atoms with E-state index < -0.39 is 0 Å². The third-order valence-corrected chi connectivity index (χ3v) is 4.33. The van der Waals surface area contributed by atoms with Gasteiger partial charge in [-0.1, -0.05) is 12.8 Å². The van der Waals surface area contributed by atoms with Crippen molar-refractivity contribution in [1.29, 1.82) is 0 Å². The smallest absolute Gasteiger partial charge is 0.0338 e. The van der Waals surface area contributed by atoms with Crippen LogP contribution in [0, 0.1) is 12.8 Å². The predicted molar refractivity (Wildman–Crippen MR) is 64.4 cm³/mol. The predicted octanol–water partition coefficient (Wildman–Crippen LogP) is 4.40. The molecule has 0 aromatic carbocycles. The van der Waals surface area contributed by atoms with Crippen LogP contribution < -0.4 is 0 Å². The summed E-state index contributed by atoms with van der Waals surface area (Å²) < 4.78 is 0. The molecule has 14 heavy (non-hydrogen) atoms. The van der Waals surface area contributed by atoms with Gasteiger partial charge >= 0.3 is 0 Å². The minimum Gasteiger partial charge on any atom is -0.149 e. The number of thiophene rings is 1. The monoisotopic (exact) mass is 228 g/mol. The summed E-state index contributed by atoms with van der Waals surface area (Å²) in [6, 6.07) is 2.32. The van der Waals surface area contributed by atoms with Crippen molar-refractivity contribution in [3.8, 4) is 0 Å². The molecule has 1 aliphatic rings. The van der Waals surface area contributed by atoms with Crippen LogP contribution in [-0.2, 0) is 6.42 Å². The second-order valence-electron chi connectivity index (χ2n) is 4.40. The molecule has 2 atom stereocenters. The van der Waals surface area contributed by atoms with E-state index >= 15 is 0 Å². The van der Waals surface area contributed by atoms with Gasteiger partial charge in [-0.05, 0) is 49.1 Å². The van der Waals surface area contributed by atoms with Crippen molar-refractivity contribution in [3.63, 3.8) is 0 Å². The average molecular weight is 229 g/mol. The average Bonchev–Trinajstić information content (AvgIpc) is 2.51. The summed E-state index contributed by atoms with van der Waals surface area (Å²) in [5, 5.41) is 2.74. The number of aryl methyl sites for hydroxylation is 1. The molecule has 1 aromatic rings. The number of halogens is 1. The van der Waals surface area contributed by atoms with E-state index in [0.29, 0.717) is 5.38 Å². The molecule has 0 radical (unpaired) electrons. The van der Waals surface area contributed by atoms with Crippen LogP contribution in [0.5, 0.6) is 0 Å². The SMILES string of the molecule is Cc1cc(CC2CCCC(Cl)C2)cs1. The third-order valence-electron chi connectivity index (χ3n) is 3.03. The summed E-state index contributed by atoms with van der Waals surface area (Å²) in [5.74, 6) is 0.834. The van der Waals surface area contributed by atoms with Gasteiger partial charge in [0, 0.05) is 10.3 Å². The van der Waals surface area contributed by atoms with Gasteiger partial charge in [0.25, 0.3) is 0 Å². The Labute approximate surface area is 95.3 Å². The summed E-state index contributed by atoms with van der Waals surface area (Å²) in [6.07, 6.45) is 6.38.